The molecule has 9 nitrogen and oxygen atoms in total. The molecular weight excluding hydrogens is 536 g/mol. The molecule has 204 valence electrons. The van der Waals surface area contributed by atoms with Gasteiger partial charge in [-0.15, -0.1) is 23.1 Å². The fourth-order valence-electron chi connectivity index (χ4n) is 4.82. The molecule has 1 aliphatic heterocycles. The van der Waals surface area contributed by atoms with Crippen molar-refractivity contribution < 1.29 is 24.3 Å². The van der Waals surface area contributed by atoms with E-state index in [1.807, 2.05) is 19.1 Å². The highest BCUT2D eigenvalue weighted by molar-refractivity contribution is 8.00. The molecule has 0 fully saturated rings. The van der Waals surface area contributed by atoms with Gasteiger partial charge < -0.3 is 20.6 Å². The topological polar surface area (TPSA) is 140 Å². The van der Waals surface area contributed by atoms with Gasteiger partial charge in [-0.25, -0.2) is 0 Å². The summed E-state index contributed by atoms with van der Waals surface area (Å²) in [6, 6.07) is 9.36. The van der Waals surface area contributed by atoms with E-state index in [-0.39, 0.29) is 17.7 Å². The molecular formula is C28H30N4O5S2. The number of anilines is 2. The second kappa shape index (κ2) is 12.5. The fourth-order valence-corrected chi connectivity index (χ4v) is 7.05. The third-order valence-corrected chi connectivity index (χ3v) is 9.47. The number of amides is 3. The van der Waals surface area contributed by atoms with Crippen LogP contribution >= 0.6 is 23.1 Å². The number of carboxylic acid groups (broad SMARTS) is 1. The number of nitrogens with one attached hydrogen (secondary N) is 2. The van der Waals surface area contributed by atoms with Crippen LogP contribution in [0, 0.1) is 23.2 Å². The highest BCUT2D eigenvalue weighted by Gasteiger charge is 2.34. The lowest BCUT2D eigenvalue weighted by Gasteiger charge is -2.25. The monoisotopic (exact) mass is 566 g/mol. The van der Waals surface area contributed by atoms with Crippen LogP contribution in [0.3, 0.4) is 0 Å². The summed E-state index contributed by atoms with van der Waals surface area (Å²) in [7, 11) is 0. The maximum Gasteiger partial charge on any atom is 0.307 e. The van der Waals surface area contributed by atoms with E-state index < -0.39 is 23.1 Å². The summed E-state index contributed by atoms with van der Waals surface area (Å²) in [4.78, 5) is 52.9. The number of thioether (sulfide) groups is 1. The number of nitrogens with zero attached hydrogens (tertiary/aromatic N) is 2. The Bertz CT molecular complexity index is 1360. The van der Waals surface area contributed by atoms with Crippen LogP contribution in [0.25, 0.3) is 0 Å². The van der Waals surface area contributed by atoms with Crippen LogP contribution in [-0.4, -0.2) is 45.5 Å². The molecule has 3 N–H and O–H groups in total. The number of nitriles is 1. The minimum absolute atomic E-state index is 0.0173. The third kappa shape index (κ3) is 6.52. The zero-order valence-corrected chi connectivity index (χ0v) is 23.4. The van der Waals surface area contributed by atoms with Crippen molar-refractivity contribution >= 4 is 57.5 Å². The van der Waals surface area contributed by atoms with Crippen molar-refractivity contribution in [3.8, 4) is 6.07 Å². The van der Waals surface area contributed by atoms with Gasteiger partial charge in [0.25, 0.3) is 0 Å². The molecule has 4 rings (SSSR count). The van der Waals surface area contributed by atoms with E-state index in [0.29, 0.717) is 55.0 Å². The molecule has 2 aliphatic rings. The molecule has 2 aromatic rings. The second-order valence-corrected chi connectivity index (χ2v) is 11.9. The Morgan fingerprint density at radius 2 is 1.95 bits per heavy atom. The lowest BCUT2D eigenvalue weighted by atomic mass is 9.82. The minimum Gasteiger partial charge on any atom is -0.481 e. The summed E-state index contributed by atoms with van der Waals surface area (Å²) in [5.41, 5.74) is 1.90. The van der Waals surface area contributed by atoms with Gasteiger partial charge in [0.1, 0.15) is 11.1 Å². The number of carbonyl (C=O) groups is 4. The minimum atomic E-state index is -0.983. The number of hydrogen-bond acceptors (Lipinski definition) is 7. The van der Waals surface area contributed by atoms with Gasteiger partial charge in [0.15, 0.2) is 0 Å². The first-order valence-electron chi connectivity index (χ1n) is 12.8. The molecule has 2 heterocycles. The average Bonchev–Trinajstić information content (AvgIpc) is 3.27. The van der Waals surface area contributed by atoms with Crippen LogP contribution in [0.1, 0.15) is 49.1 Å². The predicted molar refractivity (Wildman–Crippen MR) is 150 cm³/mol. The lowest BCUT2D eigenvalue weighted by Crippen LogP contribution is -2.34. The summed E-state index contributed by atoms with van der Waals surface area (Å²) in [6.45, 7) is 4.42. The first-order valence-corrected chi connectivity index (χ1v) is 14.5. The van der Waals surface area contributed by atoms with Crippen molar-refractivity contribution in [1.82, 2.24) is 4.90 Å². The van der Waals surface area contributed by atoms with Gasteiger partial charge in [-0.3, -0.25) is 19.2 Å². The Morgan fingerprint density at radius 3 is 2.62 bits per heavy atom. The second-order valence-electron chi connectivity index (χ2n) is 9.53. The predicted octanol–water partition coefficient (Wildman–Crippen LogP) is 4.64. The van der Waals surface area contributed by atoms with E-state index in [1.165, 1.54) is 30.0 Å². The third-order valence-electron chi connectivity index (χ3n) is 6.98. The Morgan fingerprint density at radius 1 is 1.21 bits per heavy atom. The zero-order valence-electron chi connectivity index (χ0n) is 21.7. The van der Waals surface area contributed by atoms with Crippen molar-refractivity contribution in [2.24, 2.45) is 11.8 Å². The van der Waals surface area contributed by atoms with Crippen molar-refractivity contribution in [3.63, 3.8) is 0 Å². The number of carbonyl (C=O) groups excluding carboxylic acids is 3. The number of benzene rings is 1. The summed E-state index contributed by atoms with van der Waals surface area (Å²) in [6.07, 6.45) is 5.44. The SMILES string of the molecule is CCC(Sc1cccc(NC(=O)C2CC=CCC2C(=O)O)c1)C(=O)Nc1sc2c(c1C#N)CCN(C(C)=O)C2. The van der Waals surface area contributed by atoms with E-state index in [1.54, 1.807) is 29.2 Å². The number of aliphatic carboxylic acids is 1. The highest BCUT2D eigenvalue weighted by atomic mass is 32.2. The van der Waals surface area contributed by atoms with Gasteiger partial charge in [0.2, 0.25) is 17.7 Å². The van der Waals surface area contributed by atoms with Crippen LogP contribution < -0.4 is 10.6 Å². The zero-order chi connectivity index (χ0) is 28.1. The Labute approximate surface area is 235 Å². The summed E-state index contributed by atoms with van der Waals surface area (Å²) >= 11 is 2.69. The molecule has 3 atom stereocenters. The normalized spacial score (nSPS) is 18.9. The van der Waals surface area contributed by atoms with Gasteiger partial charge in [0.05, 0.1) is 29.2 Å². The molecule has 3 amide bonds. The molecule has 0 saturated carbocycles. The molecule has 11 heteroatoms. The molecule has 39 heavy (non-hydrogen) atoms. The number of carboxylic acids is 1. The summed E-state index contributed by atoms with van der Waals surface area (Å²) < 4.78 is 0. The van der Waals surface area contributed by atoms with Crippen molar-refractivity contribution in [2.75, 3.05) is 17.2 Å². The van der Waals surface area contributed by atoms with Crippen molar-refractivity contribution in [3.05, 3.63) is 52.4 Å². The summed E-state index contributed by atoms with van der Waals surface area (Å²) in [5.74, 6) is -2.97. The standard InChI is InChI=1S/C28H30N4O5S2/c1-3-23(26(35)31-27-22(14-29)19-11-12-32(16(2)33)15-24(19)39-27)38-18-8-6-7-17(13-18)30-25(34)20-9-4-5-10-21(20)28(36)37/h4-8,13,20-21,23H,3,9-12,15H2,1-2H3,(H,30,34)(H,31,35)(H,36,37). The van der Waals surface area contributed by atoms with Gasteiger partial charge in [0, 0.05) is 28.9 Å². The molecule has 3 unspecified atom stereocenters. The van der Waals surface area contributed by atoms with Gasteiger partial charge >= 0.3 is 5.97 Å². The van der Waals surface area contributed by atoms with E-state index in [2.05, 4.69) is 16.7 Å². The lowest BCUT2D eigenvalue weighted by molar-refractivity contribution is -0.146. The number of hydrogen-bond donors (Lipinski definition) is 3. The van der Waals surface area contributed by atoms with Gasteiger partial charge in [-0.05, 0) is 49.4 Å². The number of allylic oxidation sites excluding steroid dienone is 2. The molecule has 0 radical (unpaired) electrons. The van der Waals surface area contributed by atoms with Crippen LogP contribution in [0.2, 0.25) is 0 Å². The van der Waals surface area contributed by atoms with E-state index in [9.17, 15) is 29.5 Å². The molecule has 0 bridgehead atoms. The quantitative estimate of drug-likeness (QED) is 0.312. The van der Waals surface area contributed by atoms with E-state index in [4.69, 9.17) is 0 Å². The van der Waals surface area contributed by atoms with Crippen molar-refractivity contribution in [1.29, 1.82) is 5.26 Å². The van der Waals surface area contributed by atoms with Crippen LogP contribution in [-0.2, 0) is 32.1 Å². The Balaban J connectivity index is 1.43. The number of fused-ring (bicyclic) bond motifs is 1. The first-order chi connectivity index (χ1) is 18.7. The summed E-state index contributed by atoms with van der Waals surface area (Å²) in [5, 5.41) is 25.1. The number of rotatable bonds is 8. The van der Waals surface area contributed by atoms with Gasteiger partial charge in [-0.1, -0.05) is 25.1 Å². The van der Waals surface area contributed by atoms with Crippen molar-refractivity contribution in [2.45, 2.75) is 56.2 Å². The highest BCUT2D eigenvalue weighted by Crippen LogP contribution is 2.38. The van der Waals surface area contributed by atoms with Gasteiger partial charge in [-0.2, -0.15) is 5.26 Å². The maximum atomic E-state index is 13.2. The number of thiophene rings is 1. The molecule has 1 aliphatic carbocycles. The maximum absolute atomic E-state index is 13.2. The Kier molecular flexibility index (Phi) is 9.09. The van der Waals surface area contributed by atoms with Crippen LogP contribution in [0.5, 0.6) is 0 Å². The average molecular weight is 567 g/mol. The molecule has 0 spiro atoms. The largest absolute Gasteiger partial charge is 0.481 e. The van der Waals surface area contributed by atoms with Crippen LogP contribution in [0.4, 0.5) is 10.7 Å². The smallest absolute Gasteiger partial charge is 0.307 e. The molecule has 0 saturated heterocycles. The fraction of sp³-hybridized carbons (Fsp3) is 0.393. The Hall–Kier alpha value is -3.62. The first kappa shape index (κ1) is 28.4. The van der Waals surface area contributed by atoms with E-state index in [0.717, 1.165) is 15.3 Å². The van der Waals surface area contributed by atoms with E-state index >= 15 is 0 Å². The molecule has 1 aromatic heterocycles. The molecule has 1 aromatic carbocycles. The van der Waals surface area contributed by atoms with Crippen LogP contribution in [0.15, 0.2) is 41.3 Å².